The van der Waals surface area contributed by atoms with Gasteiger partial charge in [0.15, 0.2) is 0 Å². The van der Waals surface area contributed by atoms with Gasteiger partial charge in [-0.25, -0.2) is 0 Å². The molecule has 2 rings (SSSR count). The van der Waals surface area contributed by atoms with E-state index in [0.717, 1.165) is 25.9 Å². The first-order valence-corrected chi connectivity index (χ1v) is 7.31. The first kappa shape index (κ1) is 14.9. The van der Waals surface area contributed by atoms with Crippen LogP contribution >= 0.6 is 11.6 Å². The number of alkyl halides is 1. The molecular formula is C14H20ClN3O2. The lowest BCUT2D eigenvalue weighted by Gasteiger charge is -2.17. The van der Waals surface area contributed by atoms with E-state index in [2.05, 4.69) is 5.32 Å². The number of carbonyl (C=O) groups excluding carboxylic acids is 1. The van der Waals surface area contributed by atoms with E-state index in [1.165, 1.54) is 4.57 Å². The third-order valence-electron chi connectivity index (χ3n) is 3.53. The van der Waals surface area contributed by atoms with Gasteiger partial charge in [-0.05, 0) is 32.8 Å². The fourth-order valence-electron chi connectivity index (χ4n) is 2.40. The van der Waals surface area contributed by atoms with Crippen LogP contribution < -0.4 is 10.9 Å². The molecule has 1 N–H and O–H groups in total. The summed E-state index contributed by atoms with van der Waals surface area (Å²) in [7, 11) is 0. The maximum Gasteiger partial charge on any atom is 0.256 e. The zero-order chi connectivity index (χ0) is 14.7. The third-order valence-corrected chi connectivity index (χ3v) is 3.63. The van der Waals surface area contributed by atoms with E-state index in [0.29, 0.717) is 11.3 Å². The second-order valence-corrected chi connectivity index (χ2v) is 5.79. The minimum atomic E-state index is -0.254. The summed E-state index contributed by atoms with van der Waals surface area (Å²) in [6.45, 7) is 5.24. The molecule has 0 spiro atoms. The summed E-state index contributed by atoms with van der Waals surface area (Å²) in [5.41, 5.74) is 0.881. The van der Waals surface area contributed by atoms with Gasteiger partial charge >= 0.3 is 0 Å². The first-order chi connectivity index (χ1) is 9.49. The van der Waals surface area contributed by atoms with Crippen molar-refractivity contribution < 1.29 is 4.79 Å². The number of rotatable bonds is 4. The van der Waals surface area contributed by atoms with Gasteiger partial charge in [-0.1, -0.05) is 11.6 Å². The van der Waals surface area contributed by atoms with Gasteiger partial charge in [0.2, 0.25) is 5.91 Å². The van der Waals surface area contributed by atoms with Gasteiger partial charge in [0.05, 0.1) is 5.50 Å². The van der Waals surface area contributed by atoms with Crippen LogP contribution in [0.15, 0.2) is 17.1 Å². The molecule has 0 aliphatic carbocycles. The summed E-state index contributed by atoms with van der Waals surface area (Å²) in [6, 6.07) is 1.78. The Morgan fingerprint density at radius 2 is 2.10 bits per heavy atom. The van der Waals surface area contributed by atoms with Crippen molar-refractivity contribution in [2.75, 3.05) is 18.4 Å². The van der Waals surface area contributed by atoms with E-state index in [-0.39, 0.29) is 23.5 Å². The maximum atomic E-state index is 12.2. The second-order valence-electron chi connectivity index (χ2n) is 5.14. The van der Waals surface area contributed by atoms with Crippen LogP contribution in [0.5, 0.6) is 0 Å². The fourth-order valence-corrected chi connectivity index (χ4v) is 2.51. The predicted octanol–water partition coefficient (Wildman–Crippen LogP) is 1.78. The Balaban J connectivity index is 2.14. The number of hydrogen-bond acceptors (Lipinski definition) is 3. The lowest BCUT2D eigenvalue weighted by molar-refractivity contribution is -0.130. The Labute approximate surface area is 123 Å². The number of amides is 1. The number of carbonyl (C=O) groups is 1. The molecule has 1 aromatic heterocycles. The van der Waals surface area contributed by atoms with Crippen LogP contribution in [0.4, 0.5) is 5.69 Å². The van der Waals surface area contributed by atoms with Gasteiger partial charge in [0.25, 0.3) is 5.56 Å². The molecule has 0 saturated carbocycles. The van der Waals surface area contributed by atoms with E-state index in [1.54, 1.807) is 26.1 Å². The van der Waals surface area contributed by atoms with Gasteiger partial charge in [-0.3, -0.25) is 9.59 Å². The van der Waals surface area contributed by atoms with Crippen LogP contribution in [0.25, 0.3) is 0 Å². The molecule has 1 aliphatic rings. The van der Waals surface area contributed by atoms with E-state index >= 15 is 0 Å². The highest BCUT2D eigenvalue weighted by Crippen LogP contribution is 2.13. The fraction of sp³-hybridized carbons (Fsp3) is 0.571. The number of anilines is 1. The third kappa shape index (κ3) is 3.33. The molecule has 0 bridgehead atoms. The summed E-state index contributed by atoms with van der Waals surface area (Å²) in [6.07, 6.45) is 3.75. The average molecular weight is 298 g/mol. The van der Waals surface area contributed by atoms with Crippen LogP contribution in [0.1, 0.15) is 25.3 Å². The van der Waals surface area contributed by atoms with Crippen molar-refractivity contribution in [3.63, 3.8) is 0 Å². The Morgan fingerprint density at radius 1 is 1.45 bits per heavy atom. The summed E-state index contributed by atoms with van der Waals surface area (Å²) in [4.78, 5) is 26.1. The number of hydrogen-bond donors (Lipinski definition) is 1. The minimum Gasteiger partial charge on any atom is -0.369 e. The number of aromatic nitrogens is 1. The molecule has 1 saturated heterocycles. The van der Waals surface area contributed by atoms with E-state index in [1.807, 2.05) is 4.90 Å². The number of nitrogens with zero attached hydrogens (tertiary/aromatic N) is 2. The molecule has 0 aromatic carbocycles. The van der Waals surface area contributed by atoms with E-state index in [9.17, 15) is 9.59 Å². The molecule has 110 valence electrons. The molecule has 1 aliphatic heterocycles. The molecule has 1 unspecified atom stereocenters. The molecule has 1 atom stereocenters. The Bertz CT molecular complexity index is 548. The van der Waals surface area contributed by atoms with Crippen LogP contribution in [0.3, 0.4) is 0 Å². The highest BCUT2D eigenvalue weighted by Gasteiger charge is 2.19. The summed E-state index contributed by atoms with van der Waals surface area (Å²) < 4.78 is 1.46. The number of halogens is 1. The molecule has 1 fully saturated rings. The lowest BCUT2D eigenvalue weighted by Crippen LogP contribution is -2.35. The van der Waals surface area contributed by atoms with Crippen molar-refractivity contribution >= 4 is 23.2 Å². The molecular weight excluding hydrogens is 278 g/mol. The van der Waals surface area contributed by atoms with E-state index in [4.69, 9.17) is 11.6 Å². The van der Waals surface area contributed by atoms with Gasteiger partial charge in [0, 0.05) is 30.5 Å². The standard InChI is InChI=1S/C14H20ClN3O2/c1-10-12(16-11(2)15)5-8-18(14(10)20)9-13(19)17-6-3-4-7-17/h5,8,11,16H,3-4,6-7,9H2,1-2H3. The second kappa shape index (κ2) is 6.31. The molecule has 5 nitrogen and oxygen atoms in total. The van der Waals surface area contributed by atoms with Gasteiger partial charge < -0.3 is 14.8 Å². The average Bonchev–Trinajstić information content (AvgIpc) is 2.92. The number of nitrogens with one attached hydrogen (secondary N) is 1. The highest BCUT2D eigenvalue weighted by atomic mass is 35.5. The van der Waals surface area contributed by atoms with Crippen LogP contribution in [0, 0.1) is 6.92 Å². The number of pyridine rings is 1. The van der Waals surface area contributed by atoms with Crippen LogP contribution in [-0.2, 0) is 11.3 Å². The van der Waals surface area contributed by atoms with Crippen LogP contribution in [-0.4, -0.2) is 34.0 Å². The Kier molecular flexibility index (Phi) is 4.70. The maximum absolute atomic E-state index is 12.2. The smallest absolute Gasteiger partial charge is 0.256 e. The van der Waals surface area contributed by atoms with Gasteiger partial charge in [0.1, 0.15) is 6.54 Å². The van der Waals surface area contributed by atoms with Crippen molar-refractivity contribution in [2.24, 2.45) is 0 Å². The molecule has 1 aromatic rings. The monoisotopic (exact) mass is 297 g/mol. The minimum absolute atomic E-state index is 0.00965. The van der Waals surface area contributed by atoms with Crippen molar-refractivity contribution in [3.05, 3.63) is 28.2 Å². The normalized spacial score (nSPS) is 16.2. The van der Waals surface area contributed by atoms with Gasteiger partial charge in [-0.15, -0.1) is 0 Å². The van der Waals surface area contributed by atoms with Crippen molar-refractivity contribution in [2.45, 2.75) is 38.7 Å². The quantitative estimate of drug-likeness (QED) is 0.681. The van der Waals surface area contributed by atoms with Crippen molar-refractivity contribution in [1.29, 1.82) is 0 Å². The van der Waals surface area contributed by atoms with Crippen molar-refractivity contribution in [3.8, 4) is 0 Å². The SMILES string of the molecule is Cc1c(NC(C)Cl)ccn(CC(=O)N2CCCC2)c1=O. The summed E-state index contributed by atoms with van der Waals surface area (Å²) >= 11 is 5.87. The zero-order valence-corrected chi connectivity index (χ0v) is 12.6. The van der Waals surface area contributed by atoms with Gasteiger partial charge in [-0.2, -0.15) is 0 Å². The topological polar surface area (TPSA) is 54.3 Å². The highest BCUT2D eigenvalue weighted by molar-refractivity contribution is 6.21. The summed E-state index contributed by atoms with van der Waals surface area (Å²) in [5, 5.41) is 3.01. The Hall–Kier alpha value is -1.49. The first-order valence-electron chi connectivity index (χ1n) is 6.87. The Morgan fingerprint density at radius 3 is 2.70 bits per heavy atom. The van der Waals surface area contributed by atoms with Crippen LogP contribution in [0.2, 0.25) is 0 Å². The number of likely N-dealkylation sites (tertiary alicyclic amines) is 1. The molecule has 2 heterocycles. The summed E-state index contributed by atoms with van der Waals surface area (Å²) in [5.74, 6) is 0.00965. The van der Waals surface area contributed by atoms with E-state index < -0.39 is 0 Å². The molecule has 20 heavy (non-hydrogen) atoms. The molecule has 0 radical (unpaired) electrons. The lowest BCUT2D eigenvalue weighted by atomic mass is 10.2. The molecule has 1 amide bonds. The molecule has 6 heteroatoms. The largest absolute Gasteiger partial charge is 0.369 e. The zero-order valence-electron chi connectivity index (χ0n) is 11.9. The predicted molar refractivity (Wildman–Crippen MR) is 80.2 cm³/mol. The van der Waals surface area contributed by atoms with Crippen molar-refractivity contribution in [1.82, 2.24) is 9.47 Å².